The van der Waals surface area contributed by atoms with Gasteiger partial charge in [0.05, 0.1) is 12.6 Å². The average Bonchev–Trinajstić information content (AvgIpc) is 2.86. The lowest BCUT2D eigenvalue weighted by Crippen LogP contribution is -2.40. The quantitative estimate of drug-likeness (QED) is 0.695. The minimum atomic E-state index is -0.606. The van der Waals surface area contributed by atoms with Crippen LogP contribution < -0.4 is 0 Å². The van der Waals surface area contributed by atoms with Crippen LogP contribution >= 0.6 is 0 Å². The number of hydrogen-bond acceptors (Lipinski definition) is 4. The van der Waals surface area contributed by atoms with Gasteiger partial charge < -0.3 is 9.84 Å². The fourth-order valence-corrected chi connectivity index (χ4v) is 2.12. The zero-order valence-corrected chi connectivity index (χ0v) is 10.3. The number of piperidine rings is 1. The highest BCUT2D eigenvalue weighted by Gasteiger charge is 2.58. The summed E-state index contributed by atoms with van der Waals surface area (Å²) in [6.07, 6.45) is 1.69. The van der Waals surface area contributed by atoms with E-state index < -0.39 is 11.7 Å². The number of aliphatic hydroxyl groups excluding tert-OH is 1. The summed E-state index contributed by atoms with van der Waals surface area (Å²) in [4.78, 5) is 24.9. The molecule has 0 aromatic carbocycles. The zero-order chi connectivity index (χ0) is 12.8. The van der Waals surface area contributed by atoms with Gasteiger partial charge in [-0.05, 0) is 27.2 Å². The maximum Gasteiger partial charge on any atom is 0.417 e. The Bertz CT molecular complexity index is 394. The smallest absolute Gasteiger partial charge is 0.417 e. The molecule has 0 bridgehead atoms. The van der Waals surface area contributed by atoms with Crippen molar-refractivity contribution in [2.24, 2.45) is 5.92 Å². The number of carbonyl (C=O) groups is 2. The van der Waals surface area contributed by atoms with Crippen molar-refractivity contribution in [3.05, 3.63) is 11.6 Å². The first kappa shape index (κ1) is 12.1. The standard InChI is InChI=1S/C12H17NO4/c1-12(2,3)17-11(16)13-9-6-8(9)7(4-5-14)10(13)15/h4,8-9,14H,5-6H2,1-3H3/b7-4-. The molecule has 2 rings (SSSR count). The van der Waals surface area contributed by atoms with Crippen LogP contribution in [0.25, 0.3) is 0 Å². The molecule has 0 aromatic heterocycles. The van der Waals surface area contributed by atoms with E-state index in [1.54, 1.807) is 20.8 Å². The molecule has 5 nitrogen and oxygen atoms in total. The molecule has 1 saturated carbocycles. The highest BCUT2D eigenvalue weighted by atomic mass is 16.6. The Kier molecular flexibility index (Phi) is 2.73. The van der Waals surface area contributed by atoms with Gasteiger partial charge in [0, 0.05) is 11.5 Å². The number of hydrogen-bond donors (Lipinski definition) is 1. The Morgan fingerprint density at radius 3 is 2.76 bits per heavy atom. The number of amides is 2. The second kappa shape index (κ2) is 3.84. The molecule has 2 unspecified atom stereocenters. The molecule has 5 heteroatoms. The van der Waals surface area contributed by atoms with Crippen molar-refractivity contribution in [2.45, 2.75) is 38.8 Å². The maximum atomic E-state index is 11.9. The van der Waals surface area contributed by atoms with Crippen molar-refractivity contribution >= 4 is 12.0 Å². The molecule has 2 atom stereocenters. The number of rotatable bonds is 1. The van der Waals surface area contributed by atoms with Crippen LogP contribution in [0.4, 0.5) is 4.79 Å². The van der Waals surface area contributed by atoms with E-state index in [0.29, 0.717) is 5.57 Å². The van der Waals surface area contributed by atoms with Gasteiger partial charge in [-0.3, -0.25) is 4.79 Å². The molecule has 0 radical (unpaired) electrons. The fourth-order valence-electron chi connectivity index (χ4n) is 2.12. The highest BCUT2D eigenvalue weighted by Crippen LogP contribution is 2.49. The lowest BCUT2D eigenvalue weighted by Gasteiger charge is -2.24. The predicted molar refractivity (Wildman–Crippen MR) is 60.1 cm³/mol. The summed E-state index contributed by atoms with van der Waals surface area (Å²) in [5.41, 5.74) is -0.0612. The third-order valence-electron chi connectivity index (χ3n) is 2.86. The normalized spacial score (nSPS) is 29.5. The summed E-state index contributed by atoms with van der Waals surface area (Å²) in [6, 6.07) is -0.0600. The third kappa shape index (κ3) is 2.20. The van der Waals surface area contributed by atoms with Crippen LogP contribution in [0.3, 0.4) is 0 Å². The van der Waals surface area contributed by atoms with Gasteiger partial charge in [0.15, 0.2) is 0 Å². The first-order valence-corrected chi connectivity index (χ1v) is 5.72. The van der Waals surface area contributed by atoms with E-state index in [-0.39, 0.29) is 24.5 Å². The van der Waals surface area contributed by atoms with Crippen LogP contribution in [-0.4, -0.2) is 40.3 Å². The lowest BCUT2D eigenvalue weighted by molar-refractivity contribution is -0.125. The highest BCUT2D eigenvalue weighted by molar-refractivity contribution is 6.07. The molecular weight excluding hydrogens is 222 g/mol. The Balaban J connectivity index is 2.12. The van der Waals surface area contributed by atoms with Crippen molar-refractivity contribution in [3.63, 3.8) is 0 Å². The summed E-state index contributed by atoms with van der Waals surface area (Å²) in [5.74, 6) is -0.225. The summed E-state index contributed by atoms with van der Waals surface area (Å²) in [7, 11) is 0. The van der Waals surface area contributed by atoms with E-state index in [4.69, 9.17) is 9.84 Å². The summed E-state index contributed by atoms with van der Waals surface area (Å²) < 4.78 is 5.19. The van der Waals surface area contributed by atoms with Crippen LogP contribution in [0, 0.1) is 5.92 Å². The molecule has 0 aromatic rings. The Hall–Kier alpha value is -1.36. The van der Waals surface area contributed by atoms with Gasteiger partial charge in [0.1, 0.15) is 5.60 Å². The molecule has 1 saturated heterocycles. The van der Waals surface area contributed by atoms with Gasteiger partial charge in [0.2, 0.25) is 0 Å². The van der Waals surface area contributed by atoms with Crippen molar-refractivity contribution in [1.82, 2.24) is 4.90 Å². The van der Waals surface area contributed by atoms with Crippen LogP contribution in [0.5, 0.6) is 0 Å². The number of carbonyl (C=O) groups excluding carboxylic acids is 2. The first-order chi connectivity index (χ1) is 7.85. The predicted octanol–water partition coefficient (Wildman–Crippen LogP) is 1.07. The van der Waals surface area contributed by atoms with Crippen molar-refractivity contribution in [3.8, 4) is 0 Å². The van der Waals surface area contributed by atoms with Gasteiger partial charge in [0.25, 0.3) is 5.91 Å². The van der Waals surface area contributed by atoms with Crippen molar-refractivity contribution in [2.75, 3.05) is 6.61 Å². The molecular formula is C12H17NO4. The molecule has 2 amide bonds. The van der Waals surface area contributed by atoms with E-state index in [0.717, 1.165) is 6.42 Å². The molecule has 2 aliphatic rings. The second-order valence-electron chi connectivity index (χ2n) is 5.41. The van der Waals surface area contributed by atoms with Crippen LogP contribution in [-0.2, 0) is 9.53 Å². The topological polar surface area (TPSA) is 66.8 Å². The largest absolute Gasteiger partial charge is 0.443 e. The fraction of sp³-hybridized carbons (Fsp3) is 0.667. The second-order valence-corrected chi connectivity index (χ2v) is 5.41. The van der Waals surface area contributed by atoms with Gasteiger partial charge >= 0.3 is 6.09 Å². The number of nitrogens with zero attached hydrogens (tertiary/aromatic N) is 1. The van der Waals surface area contributed by atoms with Crippen LogP contribution in [0.15, 0.2) is 11.6 Å². The number of fused-ring (bicyclic) bond motifs is 1. The molecule has 0 spiro atoms. The zero-order valence-electron chi connectivity index (χ0n) is 10.3. The molecule has 1 heterocycles. The van der Waals surface area contributed by atoms with Crippen molar-refractivity contribution < 1.29 is 19.4 Å². The molecule has 94 valence electrons. The summed E-state index contributed by atoms with van der Waals surface area (Å²) in [6.45, 7) is 5.12. The lowest BCUT2D eigenvalue weighted by atomic mass is 10.2. The number of likely N-dealkylation sites (tertiary alicyclic amines) is 1. The van der Waals surface area contributed by atoms with Gasteiger partial charge in [-0.15, -0.1) is 0 Å². The van der Waals surface area contributed by atoms with E-state index in [1.807, 2.05) is 0 Å². The number of ether oxygens (including phenoxy) is 1. The molecule has 17 heavy (non-hydrogen) atoms. The van der Waals surface area contributed by atoms with E-state index in [2.05, 4.69) is 0 Å². The Morgan fingerprint density at radius 1 is 1.59 bits per heavy atom. The first-order valence-electron chi connectivity index (χ1n) is 5.72. The number of imide groups is 1. The minimum Gasteiger partial charge on any atom is -0.443 e. The van der Waals surface area contributed by atoms with E-state index >= 15 is 0 Å². The molecule has 1 aliphatic heterocycles. The monoisotopic (exact) mass is 239 g/mol. The molecule has 2 fully saturated rings. The Labute approximate surface area is 100 Å². The molecule has 1 N–H and O–H groups in total. The van der Waals surface area contributed by atoms with E-state index in [1.165, 1.54) is 11.0 Å². The van der Waals surface area contributed by atoms with Gasteiger partial charge in [-0.2, -0.15) is 0 Å². The van der Waals surface area contributed by atoms with Gasteiger partial charge in [-0.1, -0.05) is 6.08 Å². The average molecular weight is 239 g/mol. The van der Waals surface area contributed by atoms with E-state index in [9.17, 15) is 9.59 Å². The Morgan fingerprint density at radius 2 is 2.24 bits per heavy atom. The van der Waals surface area contributed by atoms with Crippen LogP contribution in [0.2, 0.25) is 0 Å². The molecule has 1 aliphatic carbocycles. The third-order valence-corrected chi connectivity index (χ3v) is 2.86. The van der Waals surface area contributed by atoms with Crippen molar-refractivity contribution in [1.29, 1.82) is 0 Å². The number of aliphatic hydroxyl groups is 1. The minimum absolute atomic E-state index is 0.0600. The summed E-state index contributed by atoms with van der Waals surface area (Å²) in [5, 5.41) is 8.83. The summed E-state index contributed by atoms with van der Waals surface area (Å²) >= 11 is 0. The van der Waals surface area contributed by atoms with Crippen LogP contribution in [0.1, 0.15) is 27.2 Å². The maximum absolute atomic E-state index is 11.9. The SMILES string of the molecule is CC(C)(C)OC(=O)N1C(=O)/C(=C\CO)C2CC21. The van der Waals surface area contributed by atoms with Gasteiger partial charge in [-0.25, -0.2) is 9.69 Å².